The number of aryl methyl sites for hydroxylation is 1. The van der Waals surface area contributed by atoms with Crippen LogP contribution in [0.2, 0.25) is 5.02 Å². The van der Waals surface area contributed by atoms with Gasteiger partial charge in [-0.2, -0.15) is 0 Å². The number of nitrogens with two attached hydrogens (primary N) is 1. The summed E-state index contributed by atoms with van der Waals surface area (Å²) in [6.07, 6.45) is 2.00. The molecule has 2 aromatic rings. The molecule has 0 radical (unpaired) electrons. The van der Waals surface area contributed by atoms with Gasteiger partial charge in [0.15, 0.2) is 0 Å². The lowest BCUT2D eigenvalue weighted by atomic mass is 10.2. The highest BCUT2D eigenvalue weighted by atomic mass is 35.5. The SMILES string of the molecule is CCCC(N)c1nc2cccc(Cl)c2n1CC. The van der Waals surface area contributed by atoms with Gasteiger partial charge in [-0.3, -0.25) is 0 Å². The molecule has 0 bridgehead atoms. The van der Waals surface area contributed by atoms with Crippen molar-refractivity contribution in [3.05, 3.63) is 29.0 Å². The van der Waals surface area contributed by atoms with Crippen molar-refractivity contribution >= 4 is 22.6 Å². The van der Waals surface area contributed by atoms with Gasteiger partial charge in [-0.25, -0.2) is 4.98 Å². The molecule has 0 amide bonds. The summed E-state index contributed by atoms with van der Waals surface area (Å²) >= 11 is 6.23. The topological polar surface area (TPSA) is 43.8 Å². The first-order valence-electron chi connectivity index (χ1n) is 6.09. The summed E-state index contributed by atoms with van der Waals surface area (Å²) < 4.78 is 2.12. The molecule has 0 aliphatic rings. The first-order chi connectivity index (χ1) is 8.19. The predicted octanol–water partition coefficient (Wildman–Crippen LogP) is 3.51. The molecule has 2 N–H and O–H groups in total. The third-order valence-electron chi connectivity index (χ3n) is 2.99. The van der Waals surface area contributed by atoms with E-state index in [1.54, 1.807) is 0 Å². The number of para-hydroxylation sites is 1. The van der Waals surface area contributed by atoms with Crippen molar-refractivity contribution in [1.82, 2.24) is 9.55 Å². The number of halogens is 1. The van der Waals surface area contributed by atoms with Gasteiger partial charge in [0.25, 0.3) is 0 Å². The van der Waals surface area contributed by atoms with Crippen LogP contribution < -0.4 is 5.73 Å². The van der Waals surface area contributed by atoms with Gasteiger partial charge in [0.1, 0.15) is 5.82 Å². The first kappa shape index (κ1) is 12.4. The molecule has 0 fully saturated rings. The Balaban J connectivity index is 2.60. The van der Waals surface area contributed by atoms with E-state index in [-0.39, 0.29) is 6.04 Å². The van der Waals surface area contributed by atoms with Crippen molar-refractivity contribution in [1.29, 1.82) is 0 Å². The molecule has 0 aliphatic carbocycles. The third-order valence-corrected chi connectivity index (χ3v) is 3.30. The normalized spacial score (nSPS) is 13.2. The van der Waals surface area contributed by atoms with Gasteiger partial charge < -0.3 is 10.3 Å². The molecule has 1 unspecified atom stereocenters. The second-order valence-corrected chi connectivity index (χ2v) is 4.62. The fourth-order valence-electron chi connectivity index (χ4n) is 2.20. The van der Waals surface area contributed by atoms with E-state index in [2.05, 4.69) is 23.4 Å². The van der Waals surface area contributed by atoms with Crippen LogP contribution in [0.5, 0.6) is 0 Å². The Bertz CT molecular complexity index is 519. The Morgan fingerprint density at radius 3 is 2.82 bits per heavy atom. The van der Waals surface area contributed by atoms with E-state index in [4.69, 9.17) is 17.3 Å². The first-order valence-corrected chi connectivity index (χ1v) is 6.47. The third kappa shape index (κ3) is 2.17. The van der Waals surface area contributed by atoms with Crippen LogP contribution in [0.25, 0.3) is 11.0 Å². The minimum absolute atomic E-state index is 0.0107. The van der Waals surface area contributed by atoms with E-state index in [9.17, 15) is 0 Å². The largest absolute Gasteiger partial charge is 0.326 e. The van der Waals surface area contributed by atoms with E-state index in [1.807, 2.05) is 18.2 Å². The Morgan fingerprint density at radius 2 is 2.18 bits per heavy atom. The average Bonchev–Trinajstić information content (AvgIpc) is 2.69. The molecule has 2 rings (SSSR count). The zero-order chi connectivity index (χ0) is 12.4. The summed E-state index contributed by atoms with van der Waals surface area (Å²) in [6.45, 7) is 5.06. The smallest absolute Gasteiger partial charge is 0.126 e. The lowest BCUT2D eigenvalue weighted by molar-refractivity contribution is 0.566. The second-order valence-electron chi connectivity index (χ2n) is 4.22. The maximum Gasteiger partial charge on any atom is 0.126 e. The molecule has 1 atom stereocenters. The lowest BCUT2D eigenvalue weighted by Crippen LogP contribution is -2.16. The minimum atomic E-state index is -0.0107. The van der Waals surface area contributed by atoms with Gasteiger partial charge in [-0.15, -0.1) is 0 Å². The Labute approximate surface area is 107 Å². The zero-order valence-corrected chi connectivity index (χ0v) is 11.0. The van der Waals surface area contributed by atoms with Crippen LogP contribution in [0.4, 0.5) is 0 Å². The minimum Gasteiger partial charge on any atom is -0.326 e. The van der Waals surface area contributed by atoms with Gasteiger partial charge in [0.05, 0.1) is 22.1 Å². The number of imidazole rings is 1. The van der Waals surface area contributed by atoms with E-state index in [0.29, 0.717) is 0 Å². The molecule has 3 nitrogen and oxygen atoms in total. The summed E-state index contributed by atoms with van der Waals surface area (Å²) in [4.78, 5) is 4.62. The number of hydrogen-bond acceptors (Lipinski definition) is 2. The summed E-state index contributed by atoms with van der Waals surface area (Å²) in [5.41, 5.74) is 8.10. The highest BCUT2D eigenvalue weighted by molar-refractivity contribution is 6.35. The Morgan fingerprint density at radius 1 is 1.41 bits per heavy atom. The zero-order valence-electron chi connectivity index (χ0n) is 10.3. The fourth-order valence-corrected chi connectivity index (χ4v) is 2.47. The number of fused-ring (bicyclic) bond motifs is 1. The predicted molar refractivity (Wildman–Crippen MR) is 72.3 cm³/mol. The van der Waals surface area contributed by atoms with E-state index in [1.165, 1.54) is 0 Å². The van der Waals surface area contributed by atoms with Crippen LogP contribution in [0.15, 0.2) is 18.2 Å². The van der Waals surface area contributed by atoms with E-state index >= 15 is 0 Å². The van der Waals surface area contributed by atoms with Gasteiger partial charge in [-0.05, 0) is 25.5 Å². The monoisotopic (exact) mass is 251 g/mol. The molecule has 4 heteroatoms. The summed E-state index contributed by atoms with van der Waals surface area (Å²) in [5.74, 6) is 0.942. The maximum atomic E-state index is 6.23. The highest BCUT2D eigenvalue weighted by Crippen LogP contribution is 2.27. The van der Waals surface area contributed by atoms with E-state index < -0.39 is 0 Å². The number of nitrogens with zero attached hydrogens (tertiary/aromatic N) is 2. The quantitative estimate of drug-likeness (QED) is 0.904. The maximum absolute atomic E-state index is 6.23. The van der Waals surface area contributed by atoms with Gasteiger partial charge in [-0.1, -0.05) is 31.0 Å². The van der Waals surface area contributed by atoms with Gasteiger partial charge >= 0.3 is 0 Å². The van der Waals surface area contributed by atoms with Crippen LogP contribution >= 0.6 is 11.6 Å². The second kappa shape index (κ2) is 5.07. The van der Waals surface area contributed by atoms with Crippen molar-refractivity contribution in [3.8, 4) is 0 Å². The van der Waals surface area contributed by atoms with Crippen LogP contribution in [0, 0.1) is 0 Å². The van der Waals surface area contributed by atoms with Crippen LogP contribution in [0.1, 0.15) is 38.6 Å². The molecule has 0 spiro atoms. The number of rotatable bonds is 4. The van der Waals surface area contributed by atoms with E-state index in [0.717, 1.165) is 41.3 Å². The summed E-state index contributed by atoms with van der Waals surface area (Å²) in [7, 11) is 0. The number of aromatic nitrogens is 2. The van der Waals surface area contributed by atoms with Crippen molar-refractivity contribution in [2.24, 2.45) is 5.73 Å². The molecular weight excluding hydrogens is 234 g/mol. The highest BCUT2D eigenvalue weighted by Gasteiger charge is 2.16. The molecule has 0 saturated carbocycles. The van der Waals surface area contributed by atoms with Crippen molar-refractivity contribution in [2.75, 3.05) is 0 Å². The van der Waals surface area contributed by atoms with Crippen LogP contribution in [-0.4, -0.2) is 9.55 Å². The molecule has 1 aromatic carbocycles. The standard InChI is InChI=1S/C13H18ClN3/c1-3-6-10(15)13-16-11-8-5-7-9(14)12(11)17(13)4-2/h5,7-8,10H,3-4,6,15H2,1-2H3. The Kier molecular flexibility index (Phi) is 3.69. The Hall–Kier alpha value is -1.06. The molecule has 17 heavy (non-hydrogen) atoms. The number of hydrogen-bond donors (Lipinski definition) is 1. The number of benzene rings is 1. The van der Waals surface area contributed by atoms with Crippen molar-refractivity contribution in [3.63, 3.8) is 0 Å². The fraction of sp³-hybridized carbons (Fsp3) is 0.462. The molecular formula is C13H18ClN3. The van der Waals surface area contributed by atoms with Gasteiger partial charge in [0, 0.05) is 6.54 Å². The lowest BCUT2D eigenvalue weighted by Gasteiger charge is -2.12. The molecule has 0 saturated heterocycles. The van der Waals surface area contributed by atoms with Crippen LogP contribution in [0.3, 0.4) is 0 Å². The van der Waals surface area contributed by atoms with Crippen molar-refractivity contribution < 1.29 is 0 Å². The molecule has 92 valence electrons. The molecule has 0 aliphatic heterocycles. The molecule has 1 heterocycles. The van der Waals surface area contributed by atoms with Gasteiger partial charge in [0.2, 0.25) is 0 Å². The van der Waals surface area contributed by atoms with Crippen molar-refractivity contribution in [2.45, 2.75) is 39.3 Å². The average molecular weight is 252 g/mol. The summed E-state index contributed by atoms with van der Waals surface area (Å²) in [6, 6.07) is 5.79. The summed E-state index contributed by atoms with van der Waals surface area (Å²) in [5, 5.41) is 0.742. The van der Waals surface area contributed by atoms with Crippen LogP contribution in [-0.2, 0) is 6.54 Å². The molecule has 1 aromatic heterocycles.